The van der Waals surface area contributed by atoms with Crippen molar-refractivity contribution in [3.05, 3.63) is 23.8 Å². The number of carbonyl (C=O) groups excluding carboxylic acids is 2. The minimum atomic E-state index is 0.0621. The van der Waals surface area contributed by atoms with E-state index in [0.29, 0.717) is 0 Å². The van der Waals surface area contributed by atoms with Crippen molar-refractivity contribution in [1.82, 2.24) is 0 Å². The summed E-state index contributed by atoms with van der Waals surface area (Å²) < 4.78 is 0. The molecule has 0 saturated carbocycles. The van der Waals surface area contributed by atoms with Crippen LogP contribution in [0.25, 0.3) is 0 Å². The molecular weight excluding hydrogens is 152 g/mol. The first-order chi connectivity index (χ1) is 5.66. The van der Waals surface area contributed by atoms with Crippen LogP contribution in [0.2, 0.25) is 0 Å². The molecule has 0 N–H and O–H groups in total. The quantitative estimate of drug-likeness (QED) is 0.462. The first kappa shape index (κ1) is 10.8. The summed E-state index contributed by atoms with van der Waals surface area (Å²) in [5.41, 5.74) is 1.04. The second-order valence-electron chi connectivity index (χ2n) is 2.70. The molecule has 0 aromatic carbocycles. The van der Waals surface area contributed by atoms with Crippen molar-refractivity contribution in [2.45, 2.75) is 26.7 Å². The molecular formula is C10H14O2. The van der Waals surface area contributed by atoms with E-state index in [9.17, 15) is 9.59 Å². The van der Waals surface area contributed by atoms with Gasteiger partial charge in [0.15, 0.2) is 5.78 Å². The van der Waals surface area contributed by atoms with Crippen molar-refractivity contribution in [1.29, 1.82) is 0 Å². The summed E-state index contributed by atoms with van der Waals surface area (Å²) >= 11 is 0. The highest BCUT2D eigenvalue weighted by molar-refractivity contribution is 5.87. The summed E-state index contributed by atoms with van der Waals surface area (Å²) in [6.45, 7) is 3.42. The molecule has 0 unspecified atom stereocenters. The van der Waals surface area contributed by atoms with E-state index in [1.165, 1.54) is 6.92 Å². The van der Waals surface area contributed by atoms with Crippen LogP contribution in [-0.4, -0.2) is 12.1 Å². The summed E-state index contributed by atoms with van der Waals surface area (Å²) in [7, 11) is 0. The number of aldehydes is 1. The Morgan fingerprint density at radius 3 is 2.50 bits per heavy atom. The van der Waals surface area contributed by atoms with Gasteiger partial charge in [0.05, 0.1) is 0 Å². The van der Waals surface area contributed by atoms with E-state index in [-0.39, 0.29) is 5.78 Å². The summed E-state index contributed by atoms with van der Waals surface area (Å²) in [4.78, 5) is 20.5. The Kier molecular flexibility index (Phi) is 5.88. The average Bonchev–Trinajstić information content (AvgIpc) is 1.98. The number of rotatable bonds is 5. The van der Waals surface area contributed by atoms with Crippen LogP contribution in [0.5, 0.6) is 0 Å². The van der Waals surface area contributed by atoms with Crippen molar-refractivity contribution in [2.24, 2.45) is 0 Å². The molecule has 0 aliphatic rings. The second-order valence-corrected chi connectivity index (χ2v) is 2.70. The van der Waals surface area contributed by atoms with Crippen LogP contribution >= 0.6 is 0 Å². The molecule has 0 bridgehead atoms. The molecule has 0 heterocycles. The van der Waals surface area contributed by atoms with Gasteiger partial charge in [-0.3, -0.25) is 9.59 Å². The van der Waals surface area contributed by atoms with Gasteiger partial charge in [-0.05, 0) is 38.8 Å². The van der Waals surface area contributed by atoms with Gasteiger partial charge in [-0.2, -0.15) is 0 Å². The summed E-state index contributed by atoms with van der Waals surface area (Å²) in [5.74, 6) is 0.0621. The van der Waals surface area contributed by atoms with Gasteiger partial charge in [-0.25, -0.2) is 0 Å². The number of carbonyl (C=O) groups is 2. The van der Waals surface area contributed by atoms with Crippen LogP contribution in [0.4, 0.5) is 0 Å². The lowest BCUT2D eigenvalue weighted by molar-refractivity contribution is -0.112. The largest absolute Gasteiger partial charge is 0.299 e. The molecule has 0 fully saturated rings. The normalized spacial score (nSPS) is 12.0. The zero-order valence-electron chi connectivity index (χ0n) is 7.54. The van der Waals surface area contributed by atoms with E-state index < -0.39 is 0 Å². The average molecular weight is 166 g/mol. The van der Waals surface area contributed by atoms with Crippen LogP contribution in [0.3, 0.4) is 0 Å². The summed E-state index contributed by atoms with van der Waals surface area (Å²) in [6, 6.07) is 0. The van der Waals surface area contributed by atoms with E-state index in [1.807, 2.05) is 13.0 Å². The van der Waals surface area contributed by atoms with Gasteiger partial charge in [-0.1, -0.05) is 11.6 Å². The van der Waals surface area contributed by atoms with Crippen molar-refractivity contribution >= 4 is 12.1 Å². The first-order valence-corrected chi connectivity index (χ1v) is 3.95. The molecule has 0 atom stereocenters. The van der Waals surface area contributed by atoms with Gasteiger partial charge in [0, 0.05) is 0 Å². The molecule has 12 heavy (non-hydrogen) atoms. The molecule has 2 heteroatoms. The maximum absolute atomic E-state index is 10.5. The molecule has 0 spiro atoms. The monoisotopic (exact) mass is 166 g/mol. The predicted molar refractivity (Wildman–Crippen MR) is 48.9 cm³/mol. The number of ketones is 1. The highest BCUT2D eigenvalue weighted by Gasteiger charge is 1.87. The van der Waals surface area contributed by atoms with Gasteiger partial charge < -0.3 is 0 Å². The lowest BCUT2D eigenvalue weighted by Crippen LogP contribution is -1.81. The molecule has 0 aromatic rings. The van der Waals surface area contributed by atoms with Crippen molar-refractivity contribution in [3.8, 4) is 0 Å². The van der Waals surface area contributed by atoms with Crippen molar-refractivity contribution in [2.75, 3.05) is 0 Å². The maximum atomic E-state index is 10.5. The molecule has 0 aliphatic carbocycles. The van der Waals surface area contributed by atoms with Gasteiger partial charge in [0.25, 0.3) is 0 Å². The zero-order chi connectivity index (χ0) is 9.40. The Morgan fingerprint density at radius 1 is 1.33 bits per heavy atom. The minimum Gasteiger partial charge on any atom is -0.299 e. The predicted octanol–water partition coefficient (Wildman–Crippen LogP) is 2.06. The van der Waals surface area contributed by atoms with Gasteiger partial charge in [-0.15, -0.1) is 0 Å². The van der Waals surface area contributed by atoms with Gasteiger partial charge in [0.2, 0.25) is 0 Å². The van der Waals surface area contributed by atoms with E-state index >= 15 is 0 Å². The fourth-order valence-electron chi connectivity index (χ4n) is 0.760. The smallest absolute Gasteiger partial charge is 0.152 e. The molecule has 2 nitrogen and oxygen atoms in total. The lowest BCUT2D eigenvalue weighted by Gasteiger charge is -1.93. The molecule has 0 aliphatic heterocycles. The minimum absolute atomic E-state index is 0.0621. The maximum Gasteiger partial charge on any atom is 0.152 e. The fourth-order valence-corrected chi connectivity index (χ4v) is 0.760. The lowest BCUT2D eigenvalue weighted by atomic mass is 10.1. The third kappa shape index (κ3) is 6.93. The molecule has 0 radical (unpaired) electrons. The topological polar surface area (TPSA) is 34.1 Å². The Hall–Kier alpha value is -1.18. The van der Waals surface area contributed by atoms with E-state index in [0.717, 1.165) is 24.7 Å². The van der Waals surface area contributed by atoms with Crippen molar-refractivity contribution < 1.29 is 9.59 Å². The molecule has 0 saturated heterocycles. The Labute approximate surface area is 73.0 Å². The number of allylic oxidation sites excluding steroid dienone is 4. The number of hydrogen-bond donors (Lipinski definition) is 0. The van der Waals surface area contributed by atoms with Crippen LogP contribution in [0, 0.1) is 0 Å². The van der Waals surface area contributed by atoms with Gasteiger partial charge >= 0.3 is 0 Å². The fraction of sp³-hybridized carbons (Fsp3) is 0.400. The second kappa shape index (κ2) is 6.53. The molecule has 0 rings (SSSR count). The Bertz CT molecular complexity index is 212. The Morgan fingerprint density at radius 2 is 2.00 bits per heavy atom. The zero-order valence-corrected chi connectivity index (χ0v) is 7.54. The molecule has 66 valence electrons. The van der Waals surface area contributed by atoms with Gasteiger partial charge in [0.1, 0.15) is 6.29 Å². The van der Waals surface area contributed by atoms with Crippen LogP contribution in [0.15, 0.2) is 23.8 Å². The van der Waals surface area contributed by atoms with Crippen LogP contribution in [-0.2, 0) is 9.59 Å². The highest BCUT2D eigenvalue weighted by Crippen LogP contribution is 2.02. The summed E-state index contributed by atoms with van der Waals surface area (Å²) in [5, 5.41) is 0. The SMILES string of the molecule is CC(=O)/C=C/CC/C(C)=C/C=O. The first-order valence-electron chi connectivity index (χ1n) is 3.95. The molecule has 0 amide bonds. The van der Waals surface area contributed by atoms with Crippen LogP contribution in [0.1, 0.15) is 26.7 Å². The Balaban J connectivity index is 3.63. The van der Waals surface area contributed by atoms with Crippen LogP contribution < -0.4 is 0 Å². The van der Waals surface area contributed by atoms with E-state index in [2.05, 4.69) is 0 Å². The highest BCUT2D eigenvalue weighted by atomic mass is 16.1. The molecule has 0 aromatic heterocycles. The summed E-state index contributed by atoms with van der Waals surface area (Å²) in [6.07, 6.45) is 7.35. The third-order valence-corrected chi connectivity index (χ3v) is 1.41. The van der Waals surface area contributed by atoms with E-state index in [1.54, 1.807) is 12.2 Å². The standard InChI is InChI=1S/C10H14O2/c1-9(7-8-11)5-3-4-6-10(2)12/h4,6-8H,3,5H2,1-2H3/b6-4+,9-7+. The van der Waals surface area contributed by atoms with Crippen molar-refractivity contribution in [3.63, 3.8) is 0 Å². The van der Waals surface area contributed by atoms with E-state index in [4.69, 9.17) is 0 Å². The number of hydrogen-bond acceptors (Lipinski definition) is 2. The third-order valence-electron chi connectivity index (χ3n) is 1.41.